The van der Waals surface area contributed by atoms with Gasteiger partial charge >= 0.3 is 6.18 Å². The first-order chi connectivity index (χ1) is 15.6. The number of fused-ring (bicyclic) bond motifs is 1. The van der Waals surface area contributed by atoms with E-state index in [4.69, 9.17) is 9.47 Å². The molecule has 0 amide bonds. The van der Waals surface area contributed by atoms with Crippen LogP contribution in [-0.2, 0) is 11.8 Å². The molecule has 0 radical (unpaired) electrons. The summed E-state index contributed by atoms with van der Waals surface area (Å²) < 4.78 is 50.5. The first kappa shape index (κ1) is 22.6. The van der Waals surface area contributed by atoms with Gasteiger partial charge in [-0.1, -0.05) is 6.07 Å². The summed E-state index contributed by atoms with van der Waals surface area (Å²) in [4.78, 5) is 9.01. The second-order valence-corrected chi connectivity index (χ2v) is 8.25. The van der Waals surface area contributed by atoms with Gasteiger partial charge in [0.1, 0.15) is 5.41 Å². The number of rotatable bonds is 6. The first-order valence-electron chi connectivity index (χ1n) is 10.2. The van der Waals surface area contributed by atoms with E-state index in [2.05, 4.69) is 20.2 Å². The molecule has 6 nitrogen and oxygen atoms in total. The molecule has 0 unspecified atom stereocenters. The SMILES string of the molecule is COc1cc2cc(-c3ccc(Cc4cc(C(C)(C)C(F)(F)F)n[nH]4)cn3)cnc2cc1OC. The lowest BCUT2D eigenvalue weighted by Crippen LogP contribution is -2.36. The molecular weight excluding hydrogens is 433 g/mol. The average molecular weight is 456 g/mol. The van der Waals surface area contributed by atoms with Crippen LogP contribution in [0.25, 0.3) is 22.2 Å². The number of alkyl halides is 3. The summed E-state index contributed by atoms with van der Waals surface area (Å²) in [7, 11) is 3.15. The summed E-state index contributed by atoms with van der Waals surface area (Å²) in [6.45, 7) is 2.24. The smallest absolute Gasteiger partial charge is 0.399 e. The van der Waals surface area contributed by atoms with E-state index in [0.29, 0.717) is 23.6 Å². The van der Waals surface area contributed by atoms with Gasteiger partial charge in [-0.15, -0.1) is 0 Å². The van der Waals surface area contributed by atoms with Crippen LogP contribution < -0.4 is 9.47 Å². The maximum Gasteiger partial charge on any atom is 0.399 e. The summed E-state index contributed by atoms with van der Waals surface area (Å²) in [6.07, 6.45) is -0.562. The fourth-order valence-electron chi connectivity index (χ4n) is 3.43. The first-order valence-corrected chi connectivity index (χ1v) is 10.2. The molecule has 0 saturated carbocycles. The third-order valence-corrected chi connectivity index (χ3v) is 5.68. The van der Waals surface area contributed by atoms with Gasteiger partial charge in [-0.25, -0.2) is 0 Å². The molecule has 4 rings (SSSR count). The van der Waals surface area contributed by atoms with Crippen molar-refractivity contribution < 1.29 is 22.6 Å². The molecule has 3 aromatic heterocycles. The van der Waals surface area contributed by atoms with Crippen molar-refractivity contribution in [2.75, 3.05) is 14.2 Å². The molecule has 1 N–H and O–H groups in total. The Labute approximate surface area is 188 Å². The average Bonchev–Trinajstić information content (AvgIpc) is 3.26. The van der Waals surface area contributed by atoms with Crippen molar-refractivity contribution in [3.63, 3.8) is 0 Å². The predicted octanol–water partition coefficient (Wildman–Crippen LogP) is 5.47. The van der Waals surface area contributed by atoms with Crippen LogP contribution in [-0.4, -0.2) is 40.6 Å². The maximum absolute atomic E-state index is 13.3. The van der Waals surface area contributed by atoms with Crippen LogP contribution in [0.1, 0.15) is 30.8 Å². The Morgan fingerprint density at radius 3 is 2.27 bits per heavy atom. The minimum Gasteiger partial charge on any atom is -0.493 e. The van der Waals surface area contributed by atoms with Crippen molar-refractivity contribution in [2.45, 2.75) is 31.9 Å². The van der Waals surface area contributed by atoms with Gasteiger partial charge in [0, 0.05) is 41.5 Å². The van der Waals surface area contributed by atoms with E-state index in [-0.39, 0.29) is 5.69 Å². The number of hydrogen-bond acceptors (Lipinski definition) is 5. The van der Waals surface area contributed by atoms with Gasteiger partial charge in [-0.3, -0.25) is 15.1 Å². The van der Waals surface area contributed by atoms with E-state index in [9.17, 15) is 13.2 Å². The van der Waals surface area contributed by atoms with Crippen molar-refractivity contribution in [1.82, 2.24) is 20.2 Å². The molecule has 0 fully saturated rings. The molecule has 0 aliphatic rings. The summed E-state index contributed by atoms with van der Waals surface area (Å²) in [5, 5.41) is 7.47. The molecule has 3 heterocycles. The van der Waals surface area contributed by atoms with Gasteiger partial charge < -0.3 is 9.47 Å². The van der Waals surface area contributed by atoms with Crippen LogP contribution in [0, 0.1) is 0 Å². The molecule has 172 valence electrons. The van der Waals surface area contributed by atoms with Gasteiger partial charge in [0.15, 0.2) is 11.5 Å². The van der Waals surface area contributed by atoms with Gasteiger partial charge in [0.2, 0.25) is 0 Å². The highest BCUT2D eigenvalue weighted by atomic mass is 19.4. The molecule has 0 atom stereocenters. The quantitative estimate of drug-likeness (QED) is 0.417. The van der Waals surface area contributed by atoms with Crippen LogP contribution in [0.4, 0.5) is 13.2 Å². The van der Waals surface area contributed by atoms with Gasteiger partial charge in [-0.2, -0.15) is 18.3 Å². The van der Waals surface area contributed by atoms with Crippen molar-refractivity contribution in [1.29, 1.82) is 0 Å². The molecule has 0 aliphatic heterocycles. The minimum atomic E-state index is -4.38. The third kappa shape index (κ3) is 4.35. The zero-order valence-electron chi connectivity index (χ0n) is 18.6. The lowest BCUT2D eigenvalue weighted by molar-refractivity contribution is -0.181. The summed E-state index contributed by atoms with van der Waals surface area (Å²) in [6, 6.07) is 10.8. The molecule has 33 heavy (non-hydrogen) atoms. The number of aromatic amines is 1. The van der Waals surface area contributed by atoms with E-state index in [1.54, 1.807) is 26.6 Å². The van der Waals surface area contributed by atoms with Crippen molar-refractivity contribution >= 4 is 10.9 Å². The number of hydrogen-bond donors (Lipinski definition) is 1. The highest BCUT2D eigenvalue weighted by Crippen LogP contribution is 2.39. The number of aromatic nitrogens is 4. The zero-order chi connectivity index (χ0) is 23.8. The lowest BCUT2D eigenvalue weighted by Gasteiger charge is -2.25. The molecule has 0 spiro atoms. The Morgan fingerprint density at radius 2 is 1.64 bits per heavy atom. The van der Waals surface area contributed by atoms with E-state index < -0.39 is 11.6 Å². The Hall–Kier alpha value is -3.62. The van der Waals surface area contributed by atoms with E-state index in [1.807, 2.05) is 30.3 Å². The normalized spacial score (nSPS) is 12.2. The number of H-pyrrole nitrogens is 1. The van der Waals surface area contributed by atoms with Crippen molar-refractivity contribution in [3.05, 3.63) is 65.7 Å². The number of benzene rings is 1. The van der Waals surface area contributed by atoms with Crippen molar-refractivity contribution in [2.24, 2.45) is 0 Å². The molecular formula is C24H23F3N4O2. The van der Waals surface area contributed by atoms with E-state index in [1.165, 1.54) is 6.07 Å². The third-order valence-electron chi connectivity index (χ3n) is 5.68. The summed E-state index contributed by atoms with van der Waals surface area (Å²) in [5.41, 5.74) is 1.70. The second kappa shape index (κ2) is 8.38. The topological polar surface area (TPSA) is 72.9 Å². The Kier molecular flexibility index (Phi) is 5.73. The Bertz CT molecular complexity index is 1280. The fourth-order valence-corrected chi connectivity index (χ4v) is 3.43. The largest absolute Gasteiger partial charge is 0.493 e. The standard InChI is InChI=1S/C24H23F3N4O2/c1-23(2,24(25,26)27)22-10-17(30-31-22)7-14-5-6-18(28-12-14)16-8-15-9-20(32-3)21(33-4)11-19(15)29-13-16/h5-6,8-13H,7H2,1-4H3,(H,30,31). The number of ether oxygens (including phenoxy) is 2. The number of methoxy groups -OCH3 is 2. The van der Waals surface area contributed by atoms with Crippen molar-refractivity contribution in [3.8, 4) is 22.8 Å². The summed E-state index contributed by atoms with van der Waals surface area (Å²) >= 11 is 0. The lowest BCUT2D eigenvalue weighted by atomic mass is 9.88. The number of nitrogens with one attached hydrogen (secondary N) is 1. The predicted molar refractivity (Wildman–Crippen MR) is 119 cm³/mol. The molecule has 0 aliphatic carbocycles. The number of pyridine rings is 2. The van der Waals surface area contributed by atoms with Crippen LogP contribution >= 0.6 is 0 Å². The van der Waals surface area contributed by atoms with Crippen LogP contribution in [0.3, 0.4) is 0 Å². The number of nitrogens with zero attached hydrogens (tertiary/aromatic N) is 3. The summed E-state index contributed by atoms with van der Waals surface area (Å²) in [5.74, 6) is 1.22. The highest BCUT2D eigenvalue weighted by molar-refractivity contribution is 5.86. The molecule has 0 bridgehead atoms. The molecule has 9 heteroatoms. The number of halogens is 3. The highest BCUT2D eigenvalue weighted by Gasteiger charge is 2.50. The maximum atomic E-state index is 13.3. The van der Waals surface area contributed by atoms with E-state index in [0.717, 1.165) is 41.6 Å². The molecule has 0 saturated heterocycles. The minimum absolute atomic E-state index is 0.0381. The second-order valence-electron chi connectivity index (χ2n) is 8.25. The zero-order valence-corrected chi connectivity index (χ0v) is 18.6. The van der Waals surface area contributed by atoms with Gasteiger partial charge in [0.25, 0.3) is 0 Å². The monoisotopic (exact) mass is 456 g/mol. The van der Waals surface area contributed by atoms with Crippen LogP contribution in [0.15, 0.2) is 48.8 Å². The van der Waals surface area contributed by atoms with Gasteiger partial charge in [0.05, 0.1) is 31.1 Å². The van der Waals surface area contributed by atoms with Crippen LogP contribution in [0.5, 0.6) is 11.5 Å². The molecule has 4 aromatic rings. The molecule has 1 aromatic carbocycles. The van der Waals surface area contributed by atoms with Crippen LogP contribution in [0.2, 0.25) is 0 Å². The Balaban J connectivity index is 1.55. The fraction of sp³-hybridized carbons (Fsp3) is 0.292. The Morgan fingerprint density at radius 1 is 0.909 bits per heavy atom. The van der Waals surface area contributed by atoms with Gasteiger partial charge in [-0.05, 0) is 43.7 Å². The van der Waals surface area contributed by atoms with E-state index >= 15 is 0 Å².